The van der Waals surface area contributed by atoms with Gasteiger partial charge in [0.25, 0.3) is 0 Å². The molecule has 0 atom stereocenters. The van der Waals surface area contributed by atoms with Crippen molar-refractivity contribution >= 4 is 5.91 Å². The Kier molecular flexibility index (Phi) is 5.57. The Labute approximate surface area is 174 Å². The van der Waals surface area contributed by atoms with Gasteiger partial charge in [-0.3, -0.25) is 9.78 Å². The molecule has 0 bridgehead atoms. The van der Waals surface area contributed by atoms with Gasteiger partial charge < -0.3 is 9.80 Å². The maximum absolute atomic E-state index is 12.9. The molecule has 1 fully saturated rings. The van der Waals surface area contributed by atoms with Crippen LogP contribution in [0.5, 0.6) is 0 Å². The van der Waals surface area contributed by atoms with Gasteiger partial charge in [-0.25, -0.2) is 0 Å². The van der Waals surface area contributed by atoms with Crippen LogP contribution in [0.1, 0.15) is 42.1 Å². The van der Waals surface area contributed by atoms with Gasteiger partial charge in [-0.2, -0.15) is 13.2 Å². The second-order valence-corrected chi connectivity index (χ2v) is 8.25. The molecule has 3 heterocycles. The van der Waals surface area contributed by atoms with Gasteiger partial charge in [-0.15, -0.1) is 0 Å². The molecule has 160 valence electrons. The summed E-state index contributed by atoms with van der Waals surface area (Å²) in [5, 5.41) is 0. The molecule has 1 saturated heterocycles. The number of amides is 1. The fourth-order valence-corrected chi connectivity index (χ4v) is 5.00. The zero-order valence-corrected chi connectivity index (χ0v) is 17.1. The third kappa shape index (κ3) is 3.95. The number of piperidine rings is 1. The van der Waals surface area contributed by atoms with Crippen molar-refractivity contribution in [1.29, 1.82) is 0 Å². The summed E-state index contributed by atoms with van der Waals surface area (Å²) in [5.74, 6) is 0.106. The summed E-state index contributed by atoms with van der Waals surface area (Å²) in [5.41, 5.74) is 2.12. The number of carbonyl (C=O) groups excluding carboxylic acids is 1. The van der Waals surface area contributed by atoms with E-state index in [1.807, 2.05) is 11.0 Å². The third-order valence-electron chi connectivity index (χ3n) is 6.53. The number of pyridine rings is 1. The minimum atomic E-state index is -4.42. The highest BCUT2D eigenvalue weighted by molar-refractivity contribution is 5.75. The molecule has 0 unspecified atom stereocenters. The molecule has 0 aliphatic carbocycles. The summed E-state index contributed by atoms with van der Waals surface area (Å²) in [4.78, 5) is 20.2. The summed E-state index contributed by atoms with van der Waals surface area (Å²) in [6, 6.07) is 11.2. The Morgan fingerprint density at radius 2 is 1.87 bits per heavy atom. The molecule has 7 heteroatoms. The van der Waals surface area contributed by atoms with Crippen molar-refractivity contribution in [3.8, 4) is 0 Å². The molecule has 2 aliphatic heterocycles. The lowest BCUT2D eigenvalue weighted by atomic mass is 9.74. The number of aromatic nitrogens is 1. The first-order valence-corrected chi connectivity index (χ1v) is 10.4. The van der Waals surface area contributed by atoms with Crippen molar-refractivity contribution in [1.82, 2.24) is 14.8 Å². The Morgan fingerprint density at radius 1 is 1.13 bits per heavy atom. The summed E-state index contributed by atoms with van der Waals surface area (Å²) in [6.45, 7) is 4.71. The van der Waals surface area contributed by atoms with Crippen LogP contribution < -0.4 is 0 Å². The highest BCUT2D eigenvalue weighted by atomic mass is 19.4. The molecule has 4 rings (SSSR count). The fraction of sp³-hybridized carbons (Fsp3) is 0.478. The summed E-state index contributed by atoms with van der Waals surface area (Å²) < 4.78 is 38.6. The number of rotatable bonds is 3. The van der Waals surface area contributed by atoms with E-state index in [2.05, 4.69) is 28.1 Å². The summed E-state index contributed by atoms with van der Waals surface area (Å²) in [7, 11) is 0. The average molecular weight is 417 g/mol. The van der Waals surface area contributed by atoms with Gasteiger partial charge in [0.05, 0.1) is 5.54 Å². The van der Waals surface area contributed by atoms with Crippen molar-refractivity contribution in [3.63, 3.8) is 0 Å². The number of alkyl halides is 3. The van der Waals surface area contributed by atoms with E-state index in [1.165, 1.54) is 17.3 Å². The average Bonchev–Trinajstić information content (AvgIpc) is 2.73. The molecule has 1 amide bonds. The lowest BCUT2D eigenvalue weighted by Gasteiger charge is -2.52. The topological polar surface area (TPSA) is 36.4 Å². The van der Waals surface area contributed by atoms with Gasteiger partial charge in [-0.1, -0.05) is 24.3 Å². The minimum Gasteiger partial charge on any atom is -0.333 e. The van der Waals surface area contributed by atoms with Crippen LogP contribution in [0.25, 0.3) is 0 Å². The van der Waals surface area contributed by atoms with Gasteiger partial charge in [0, 0.05) is 39.3 Å². The van der Waals surface area contributed by atoms with E-state index in [0.29, 0.717) is 18.5 Å². The smallest absolute Gasteiger partial charge is 0.333 e. The second-order valence-electron chi connectivity index (χ2n) is 8.25. The van der Waals surface area contributed by atoms with Gasteiger partial charge in [0.15, 0.2) is 0 Å². The number of likely N-dealkylation sites (tertiary alicyclic amines) is 1. The molecule has 0 radical (unpaired) electrons. The quantitative estimate of drug-likeness (QED) is 0.756. The molecule has 2 aliphatic rings. The fourth-order valence-electron chi connectivity index (χ4n) is 5.00. The van der Waals surface area contributed by atoms with Gasteiger partial charge >= 0.3 is 6.18 Å². The van der Waals surface area contributed by atoms with Crippen LogP contribution in [0.2, 0.25) is 0 Å². The Bertz CT molecular complexity index is 920. The van der Waals surface area contributed by atoms with E-state index < -0.39 is 11.9 Å². The molecule has 0 N–H and O–H groups in total. The largest absolute Gasteiger partial charge is 0.433 e. The molecule has 2 aromatic rings. The van der Waals surface area contributed by atoms with E-state index in [1.54, 1.807) is 13.0 Å². The minimum absolute atomic E-state index is 0.106. The van der Waals surface area contributed by atoms with Gasteiger partial charge in [0.2, 0.25) is 5.91 Å². The first kappa shape index (κ1) is 20.8. The Balaban J connectivity index is 1.45. The van der Waals surface area contributed by atoms with Gasteiger partial charge in [-0.05, 0) is 54.5 Å². The lowest BCUT2D eigenvalue weighted by Crippen LogP contribution is -2.57. The third-order valence-corrected chi connectivity index (χ3v) is 6.53. The van der Waals surface area contributed by atoms with Crippen LogP contribution >= 0.6 is 0 Å². The number of fused-ring (bicyclic) bond motifs is 2. The van der Waals surface area contributed by atoms with Gasteiger partial charge in [0.1, 0.15) is 5.69 Å². The highest BCUT2D eigenvalue weighted by Gasteiger charge is 2.45. The van der Waals surface area contributed by atoms with Crippen LogP contribution in [-0.2, 0) is 29.4 Å². The van der Waals surface area contributed by atoms with E-state index in [-0.39, 0.29) is 11.4 Å². The summed E-state index contributed by atoms with van der Waals surface area (Å²) in [6.07, 6.45) is -0.0804. The van der Waals surface area contributed by atoms with Crippen LogP contribution in [0, 0.1) is 0 Å². The van der Waals surface area contributed by atoms with E-state index in [4.69, 9.17) is 0 Å². The molecule has 1 aromatic carbocycles. The molecule has 1 spiro atoms. The molecular formula is C23H26F3N3O. The number of benzene rings is 1. The number of halogens is 3. The normalized spacial score (nSPS) is 19.0. The van der Waals surface area contributed by atoms with Crippen molar-refractivity contribution in [2.75, 3.05) is 26.2 Å². The monoisotopic (exact) mass is 417 g/mol. The molecule has 0 saturated carbocycles. The SMILES string of the molecule is CC(=O)N1CCc2ccccc2C12CCN(CCc1ccnc(C(F)(F)F)c1)CC2. The van der Waals surface area contributed by atoms with E-state index in [9.17, 15) is 18.0 Å². The van der Waals surface area contributed by atoms with Crippen molar-refractivity contribution < 1.29 is 18.0 Å². The van der Waals surface area contributed by atoms with Crippen LogP contribution in [0.3, 0.4) is 0 Å². The maximum Gasteiger partial charge on any atom is 0.433 e. The van der Waals surface area contributed by atoms with E-state index >= 15 is 0 Å². The molecule has 1 aromatic heterocycles. The molecule has 30 heavy (non-hydrogen) atoms. The zero-order chi connectivity index (χ0) is 21.4. The molecule has 4 nitrogen and oxygen atoms in total. The predicted molar refractivity (Wildman–Crippen MR) is 108 cm³/mol. The first-order valence-electron chi connectivity index (χ1n) is 10.4. The standard InChI is InChI=1S/C23H26F3N3O/c1-17(30)29-13-8-19-4-2-3-5-20(19)22(29)9-14-28(15-10-22)12-7-18-6-11-27-21(16-18)23(24,25)26/h2-6,11,16H,7-10,12-15H2,1H3. The Morgan fingerprint density at radius 3 is 2.57 bits per heavy atom. The van der Waals surface area contributed by atoms with Crippen molar-refractivity contribution in [2.24, 2.45) is 0 Å². The molecular weight excluding hydrogens is 391 g/mol. The second kappa shape index (κ2) is 8.02. The number of nitrogens with zero attached hydrogens (tertiary/aromatic N) is 3. The lowest BCUT2D eigenvalue weighted by molar-refractivity contribution is -0.141. The van der Waals surface area contributed by atoms with Crippen LogP contribution in [0.15, 0.2) is 42.6 Å². The Hall–Kier alpha value is -2.41. The summed E-state index contributed by atoms with van der Waals surface area (Å²) >= 11 is 0. The number of hydrogen-bond donors (Lipinski definition) is 0. The highest BCUT2D eigenvalue weighted by Crippen LogP contribution is 2.43. The van der Waals surface area contributed by atoms with E-state index in [0.717, 1.165) is 45.0 Å². The van der Waals surface area contributed by atoms with Crippen LogP contribution in [-0.4, -0.2) is 46.9 Å². The van der Waals surface area contributed by atoms with Crippen molar-refractivity contribution in [2.45, 2.75) is 44.3 Å². The number of hydrogen-bond acceptors (Lipinski definition) is 3. The van der Waals surface area contributed by atoms with Crippen LogP contribution in [0.4, 0.5) is 13.2 Å². The number of carbonyl (C=O) groups is 1. The zero-order valence-electron chi connectivity index (χ0n) is 17.1. The first-order chi connectivity index (χ1) is 14.3. The maximum atomic E-state index is 12.9. The predicted octanol–water partition coefficient (Wildman–Crippen LogP) is 4.04. The van der Waals surface area contributed by atoms with Crippen molar-refractivity contribution in [3.05, 3.63) is 65.0 Å².